The molecule has 0 aromatic rings. The molecule has 0 aliphatic heterocycles. The highest BCUT2D eigenvalue weighted by Gasteiger charge is 2.47. The zero-order chi connectivity index (χ0) is 14.5. The van der Waals surface area contributed by atoms with Crippen molar-refractivity contribution in [2.24, 2.45) is 5.92 Å². The molecule has 4 nitrogen and oxygen atoms in total. The van der Waals surface area contributed by atoms with Crippen LogP contribution in [-0.4, -0.2) is 47.7 Å². The SMILES string of the molecule is CCC(C)N(CC)CCC1CCCC1(NC)C(=O)O. The predicted molar refractivity (Wildman–Crippen MR) is 78.4 cm³/mol. The molecule has 0 spiro atoms. The maximum Gasteiger partial charge on any atom is 0.324 e. The van der Waals surface area contributed by atoms with E-state index in [9.17, 15) is 9.90 Å². The van der Waals surface area contributed by atoms with Gasteiger partial charge in [0.2, 0.25) is 0 Å². The molecule has 2 N–H and O–H groups in total. The molecule has 19 heavy (non-hydrogen) atoms. The Morgan fingerprint density at radius 1 is 1.53 bits per heavy atom. The summed E-state index contributed by atoms with van der Waals surface area (Å²) in [5.74, 6) is -0.419. The molecule has 0 aromatic heterocycles. The highest BCUT2D eigenvalue weighted by atomic mass is 16.4. The maximum absolute atomic E-state index is 11.6. The Kier molecular flexibility index (Phi) is 6.27. The van der Waals surface area contributed by atoms with E-state index in [1.165, 1.54) is 0 Å². The number of hydrogen-bond donors (Lipinski definition) is 2. The van der Waals surface area contributed by atoms with Gasteiger partial charge in [-0.3, -0.25) is 4.79 Å². The fourth-order valence-electron chi connectivity index (χ4n) is 3.46. The zero-order valence-electron chi connectivity index (χ0n) is 12.9. The van der Waals surface area contributed by atoms with Crippen LogP contribution in [0, 0.1) is 5.92 Å². The van der Waals surface area contributed by atoms with Gasteiger partial charge in [-0.05, 0) is 58.7 Å². The summed E-state index contributed by atoms with van der Waals surface area (Å²) >= 11 is 0. The Labute approximate surface area is 117 Å². The normalized spacial score (nSPS) is 28.8. The van der Waals surface area contributed by atoms with Crippen LogP contribution in [0.5, 0.6) is 0 Å². The van der Waals surface area contributed by atoms with Crippen molar-refractivity contribution in [1.82, 2.24) is 10.2 Å². The maximum atomic E-state index is 11.6. The van der Waals surface area contributed by atoms with Crippen molar-refractivity contribution in [3.05, 3.63) is 0 Å². The van der Waals surface area contributed by atoms with Crippen molar-refractivity contribution in [2.45, 2.75) is 64.5 Å². The molecule has 0 radical (unpaired) electrons. The minimum absolute atomic E-state index is 0.258. The van der Waals surface area contributed by atoms with Gasteiger partial charge in [-0.2, -0.15) is 0 Å². The lowest BCUT2D eigenvalue weighted by Crippen LogP contribution is -2.53. The van der Waals surface area contributed by atoms with E-state index in [0.717, 1.165) is 45.2 Å². The Morgan fingerprint density at radius 2 is 2.21 bits per heavy atom. The molecule has 1 aliphatic rings. The number of carbonyl (C=O) groups is 1. The van der Waals surface area contributed by atoms with Gasteiger partial charge in [0, 0.05) is 6.04 Å². The van der Waals surface area contributed by atoms with Gasteiger partial charge in [0.05, 0.1) is 0 Å². The summed E-state index contributed by atoms with van der Waals surface area (Å²) in [6.45, 7) is 8.69. The van der Waals surface area contributed by atoms with E-state index in [4.69, 9.17) is 0 Å². The Hall–Kier alpha value is -0.610. The van der Waals surface area contributed by atoms with Crippen molar-refractivity contribution < 1.29 is 9.90 Å². The number of carboxylic acids is 1. The second kappa shape index (κ2) is 7.25. The number of aliphatic carboxylic acids is 1. The molecule has 0 amide bonds. The van der Waals surface area contributed by atoms with Crippen molar-refractivity contribution in [2.75, 3.05) is 20.1 Å². The van der Waals surface area contributed by atoms with Crippen LogP contribution in [0.2, 0.25) is 0 Å². The number of carboxylic acid groups (broad SMARTS) is 1. The second-order valence-corrected chi connectivity index (χ2v) is 5.79. The van der Waals surface area contributed by atoms with Gasteiger partial charge in [-0.25, -0.2) is 0 Å². The molecule has 0 saturated heterocycles. The van der Waals surface area contributed by atoms with Gasteiger partial charge >= 0.3 is 5.97 Å². The molecule has 1 fully saturated rings. The van der Waals surface area contributed by atoms with Gasteiger partial charge in [0.25, 0.3) is 0 Å². The molecule has 1 saturated carbocycles. The minimum atomic E-state index is -0.686. The molecule has 0 bridgehead atoms. The number of likely N-dealkylation sites (N-methyl/N-ethyl adjacent to an activating group) is 1. The average Bonchev–Trinajstić information content (AvgIpc) is 2.83. The summed E-state index contributed by atoms with van der Waals surface area (Å²) in [5, 5.41) is 12.6. The van der Waals surface area contributed by atoms with E-state index >= 15 is 0 Å². The lowest BCUT2D eigenvalue weighted by atomic mass is 9.84. The van der Waals surface area contributed by atoms with Gasteiger partial charge < -0.3 is 15.3 Å². The lowest BCUT2D eigenvalue weighted by molar-refractivity contribution is -0.146. The quantitative estimate of drug-likeness (QED) is 0.711. The fraction of sp³-hybridized carbons (Fsp3) is 0.933. The summed E-state index contributed by atoms with van der Waals surface area (Å²) in [5.41, 5.74) is -0.686. The van der Waals surface area contributed by atoms with E-state index in [2.05, 4.69) is 31.0 Å². The molecule has 3 unspecified atom stereocenters. The highest BCUT2D eigenvalue weighted by Crippen LogP contribution is 2.38. The first-order valence-electron chi connectivity index (χ1n) is 7.68. The predicted octanol–water partition coefficient (Wildman–Crippen LogP) is 2.34. The van der Waals surface area contributed by atoms with Crippen LogP contribution in [0.1, 0.15) is 52.9 Å². The Balaban J connectivity index is 2.63. The van der Waals surface area contributed by atoms with E-state index in [0.29, 0.717) is 6.04 Å². The average molecular weight is 270 g/mol. The summed E-state index contributed by atoms with van der Waals surface area (Å²) in [6, 6.07) is 0.584. The van der Waals surface area contributed by atoms with Gasteiger partial charge in [0.1, 0.15) is 5.54 Å². The first-order valence-corrected chi connectivity index (χ1v) is 7.68. The van der Waals surface area contributed by atoms with Crippen LogP contribution < -0.4 is 5.32 Å². The standard InChI is InChI=1S/C15H30N2O2/c1-5-12(3)17(6-2)11-9-13-8-7-10-15(13,16-4)14(18)19/h12-13,16H,5-11H2,1-4H3,(H,18,19). The molecule has 1 aliphatic carbocycles. The highest BCUT2D eigenvalue weighted by molar-refractivity contribution is 5.79. The van der Waals surface area contributed by atoms with Crippen molar-refractivity contribution in [3.8, 4) is 0 Å². The third-order valence-electron chi connectivity index (χ3n) is 5.03. The van der Waals surface area contributed by atoms with Gasteiger partial charge in [-0.1, -0.05) is 20.3 Å². The van der Waals surface area contributed by atoms with Crippen LogP contribution >= 0.6 is 0 Å². The van der Waals surface area contributed by atoms with Crippen molar-refractivity contribution >= 4 is 5.97 Å². The Morgan fingerprint density at radius 3 is 2.68 bits per heavy atom. The topological polar surface area (TPSA) is 52.6 Å². The van der Waals surface area contributed by atoms with Crippen LogP contribution in [0.25, 0.3) is 0 Å². The summed E-state index contributed by atoms with van der Waals surface area (Å²) in [7, 11) is 1.79. The third kappa shape index (κ3) is 3.48. The largest absolute Gasteiger partial charge is 0.480 e. The number of nitrogens with one attached hydrogen (secondary N) is 1. The second-order valence-electron chi connectivity index (χ2n) is 5.79. The van der Waals surface area contributed by atoms with Gasteiger partial charge in [0.15, 0.2) is 0 Å². The van der Waals surface area contributed by atoms with Gasteiger partial charge in [-0.15, -0.1) is 0 Å². The third-order valence-corrected chi connectivity index (χ3v) is 5.03. The molecule has 0 heterocycles. The summed E-state index contributed by atoms with van der Waals surface area (Å²) in [4.78, 5) is 14.1. The number of rotatable bonds is 8. The van der Waals surface area contributed by atoms with E-state index in [1.54, 1.807) is 7.05 Å². The first kappa shape index (κ1) is 16.4. The summed E-state index contributed by atoms with van der Waals surface area (Å²) < 4.78 is 0. The first-order chi connectivity index (χ1) is 9.01. The molecule has 4 heteroatoms. The van der Waals surface area contributed by atoms with E-state index in [1.807, 2.05) is 0 Å². The van der Waals surface area contributed by atoms with Crippen LogP contribution in [-0.2, 0) is 4.79 Å². The minimum Gasteiger partial charge on any atom is -0.480 e. The summed E-state index contributed by atoms with van der Waals surface area (Å²) in [6.07, 6.45) is 4.94. The van der Waals surface area contributed by atoms with E-state index in [-0.39, 0.29) is 5.92 Å². The van der Waals surface area contributed by atoms with Crippen molar-refractivity contribution in [1.29, 1.82) is 0 Å². The number of hydrogen-bond acceptors (Lipinski definition) is 3. The fourth-order valence-corrected chi connectivity index (χ4v) is 3.46. The molecule has 0 aromatic carbocycles. The molecule has 3 atom stereocenters. The molecular formula is C15H30N2O2. The zero-order valence-corrected chi connectivity index (χ0v) is 12.9. The Bertz CT molecular complexity index is 296. The van der Waals surface area contributed by atoms with Crippen LogP contribution in [0.4, 0.5) is 0 Å². The molecular weight excluding hydrogens is 240 g/mol. The molecule has 112 valence electrons. The molecule has 1 rings (SSSR count). The smallest absolute Gasteiger partial charge is 0.324 e. The lowest BCUT2D eigenvalue weighted by Gasteiger charge is -2.34. The van der Waals surface area contributed by atoms with Crippen LogP contribution in [0.15, 0.2) is 0 Å². The number of nitrogens with zero attached hydrogens (tertiary/aromatic N) is 1. The van der Waals surface area contributed by atoms with E-state index < -0.39 is 11.5 Å². The monoisotopic (exact) mass is 270 g/mol. The van der Waals surface area contributed by atoms with Crippen LogP contribution in [0.3, 0.4) is 0 Å². The van der Waals surface area contributed by atoms with Crippen molar-refractivity contribution in [3.63, 3.8) is 0 Å².